The molecule has 0 radical (unpaired) electrons. The first-order valence-electron chi connectivity index (χ1n) is 6.15. The van der Waals surface area contributed by atoms with Gasteiger partial charge in [0.1, 0.15) is 6.61 Å². The van der Waals surface area contributed by atoms with Crippen LogP contribution in [0, 0.1) is 0 Å². The average molecular weight is 406 g/mol. The number of benzene rings is 2. The number of rotatable bonds is 5. The maximum atomic E-state index is 10.8. The Balaban J connectivity index is 2.20. The lowest BCUT2D eigenvalue weighted by Gasteiger charge is -2.13. The van der Waals surface area contributed by atoms with Gasteiger partial charge in [-0.15, -0.1) is 0 Å². The Kier molecular flexibility index (Phi) is 5.69. The molecule has 4 nitrogen and oxygen atoms in total. The lowest BCUT2D eigenvalue weighted by atomic mass is 10.1. The molecule has 2 aromatic rings. The SMILES string of the molecule is O=C(O)C(O)c1cc(Cl)c(OCc2cccc(Br)c2)c(Cl)c1. The monoisotopic (exact) mass is 404 g/mol. The fraction of sp³-hybridized carbons (Fsp3) is 0.133. The van der Waals surface area contributed by atoms with E-state index in [9.17, 15) is 9.90 Å². The molecule has 0 saturated carbocycles. The molecular weight excluding hydrogens is 395 g/mol. The number of aliphatic hydroxyl groups excluding tert-OH is 1. The van der Waals surface area contributed by atoms with Crippen LogP contribution in [0.4, 0.5) is 0 Å². The topological polar surface area (TPSA) is 66.8 Å². The molecule has 116 valence electrons. The first-order valence-corrected chi connectivity index (χ1v) is 7.70. The van der Waals surface area contributed by atoms with Crippen molar-refractivity contribution in [3.8, 4) is 5.75 Å². The molecule has 0 aromatic heterocycles. The molecule has 0 heterocycles. The van der Waals surface area contributed by atoms with E-state index in [-0.39, 0.29) is 28.0 Å². The second-order valence-corrected chi connectivity index (χ2v) is 6.20. The van der Waals surface area contributed by atoms with Crippen LogP contribution in [-0.4, -0.2) is 16.2 Å². The van der Waals surface area contributed by atoms with Crippen molar-refractivity contribution in [1.29, 1.82) is 0 Å². The zero-order chi connectivity index (χ0) is 16.3. The third-order valence-electron chi connectivity index (χ3n) is 2.84. The van der Waals surface area contributed by atoms with Crippen LogP contribution in [0.5, 0.6) is 5.75 Å². The Morgan fingerprint density at radius 2 is 1.86 bits per heavy atom. The van der Waals surface area contributed by atoms with Gasteiger partial charge in [-0.25, -0.2) is 4.79 Å². The van der Waals surface area contributed by atoms with Crippen molar-refractivity contribution in [2.24, 2.45) is 0 Å². The number of carboxylic acid groups (broad SMARTS) is 1. The largest absolute Gasteiger partial charge is 0.486 e. The molecule has 0 bridgehead atoms. The number of hydrogen-bond acceptors (Lipinski definition) is 3. The molecule has 0 spiro atoms. The van der Waals surface area contributed by atoms with E-state index in [0.29, 0.717) is 0 Å². The van der Waals surface area contributed by atoms with Crippen molar-refractivity contribution in [3.05, 3.63) is 62.0 Å². The Labute approximate surface area is 145 Å². The zero-order valence-electron chi connectivity index (χ0n) is 11.1. The van der Waals surface area contributed by atoms with Gasteiger partial charge in [0.15, 0.2) is 11.9 Å². The molecule has 0 saturated heterocycles. The number of hydrogen-bond donors (Lipinski definition) is 2. The number of ether oxygens (including phenoxy) is 1. The summed E-state index contributed by atoms with van der Waals surface area (Å²) in [6.07, 6.45) is -1.69. The van der Waals surface area contributed by atoms with Gasteiger partial charge in [-0.3, -0.25) is 0 Å². The maximum Gasteiger partial charge on any atom is 0.337 e. The maximum absolute atomic E-state index is 10.8. The first kappa shape index (κ1) is 17.1. The summed E-state index contributed by atoms with van der Waals surface area (Å²) in [5.41, 5.74) is 1.01. The number of carbonyl (C=O) groups is 1. The molecule has 0 aliphatic heterocycles. The molecule has 2 aromatic carbocycles. The van der Waals surface area contributed by atoms with E-state index in [0.717, 1.165) is 10.0 Å². The second-order valence-electron chi connectivity index (χ2n) is 4.47. The van der Waals surface area contributed by atoms with Crippen molar-refractivity contribution < 1.29 is 19.7 Å². The van der Waals surface area contributed by atoms with Crippen molar-refractivity contribution in [2.45, 2.75) is 12.7 Å². The molecule has 2 N–H and O–H groups in total. The van der Waals surface area contributed by atoms with Gasteiger partial charge in [0.2, 0.25) is 0 Å². The Bertz CT molecular complexity index is 683. The molecule has 2 rings (SSSR count). The summed E-state index contributed by atoms with van der Waals surface area (Å²) in [6, 6.07) is 10.2. The van der Waals surface area contributed by atoms with Gasteiger partial charge in [-0.05, 0) is 35.4 Å². The van der Waals surface area contributed by atoms with Crippen LogP contribution in [0.3, 0.4) is 0 Å². The number of carboxylic acids is 1. The zero-order valence-corrected chi connectivity index (χ0v) is 14.2. The van der Waals surface area contributed by atoms with E-state index in [1.165, 1.54) is 12.1 Å². The van der Waals surface area contributed by atoms with Crippen LogP contribution in [0.1, 0.15) is 17.2 Å². The first-order chi connectivity index (χ1) is 10.4. The van der Waals surface area contributed by atoms with E-state index < -0.39 is 12.1 Å². The van der Waals surface area contributed by atoms with Crippen molar-refractivity contribution in [2.75, 3.05) is 0 Å². The fourth-order valence-corrected chi connectivity index (χ4v) is 2.86. The minimum atomic E-state index is -1.69. The van der Waals surface area contributed by atoms with Gasteiger partial charge in [0.25, 0.3) is 0 Å². The highest BCUT2D eigenvalue weighted by molar-refractivity contribution is 9.10. The van der Waals surface area contributed by atoms with Crippen LogP contribution < -0.4 is 4.74 Å². The van der Waals surface area contributed by atoms with E-state index in [4.69, 9.17) is 33.0 Å². The highest BCUT2D eigenvalue weighted by Gasteiger charge is 2.19. The van der Waals surface area contributed by atoms with Gasteiger partial charge >= 0.3 is 5.97 Å². The van der Waals surface area contributed by atoms with E-state index >= 15 is 0 Å². The summed E-state index contributed by atoms with van der Waals surface area (Å²) in [5.74, 6) is -1.14. The average Bonchev–Trinajstić information content (AvgIpc) is 2.45. The molecule has 0 aliphatic carbocycles. The van der Waals surface area contributed by atoms with E-state index in [1.807, 2.05) is 24.3 Å². The molecule has 1 unspecified atom stereocenters. The smallest absolute Gasteiger partial charge is 0.337 e. The van der Waals surface area contributed by atoms with Crippen molar-refractivity contribution >= 4 is 45.1 Å². The normalized spacial score (nSPS) is 12.0. The number of aliphatic hydroxyl groups is 1. The Hall–Kier alpha value is -1.27. The second kappa shape index (κ2) is 7.33. The molecule has 0 aliphatic rings. The summed E-state index contributed by atoms with van der Waals surface area (Å²) >= 11 is 15.5. The highest BCUT2D eigenvalue weighted by atomic mass is 79.9. The van der Waals surface area contributed by atoms with Crippen molar-refractivity contribution in [3.63, 3.8) is 0 Å². The fourth-order valence-electron chi connectivity index (χ4n) is 1.80. The number of aliphatic carboxylic acids is 1. The molecule has 22 heavy (non-hydrogen) atoms. The van der Waals surface area contributed by atoms with Crippen LogP contribution in [-0.2, 0) is 11.4 Å². The van der Waals surface area contributed by atoms with Gasteiger partial charge in [0.05, 0.1) is 10.0 Å². The van der Waals surface area contributed by atoms with Crippen molar-refractivity contribution in [1.82, 2.24) is 0 Å². The summed E-state index contributed by atoms with van der Waals surface area (Å²) in [7, 11) is 0. The lowest BCUT2D eigenvalue weighted by Crippen LogP contribution is -2.10. The van der Waals surface area contributed by atoms with Gasteiger partial charge in [-0.1, -0.05) is 51.3 Å². The molecule has 7 heteroatoms. The van der Waals surface area contributed by atoms with E-state index in [2.05, 4.69) is 15.9 Å². The standard InChI is InChI=1S/C15H11BrCl2O4/c16-10-3-1-2-8(4-10)7-22-14-11(17)5-9(6-12(14)18)13(19)15(20)21/h1-6,13,19H,7H2,(H,20,21). The summed E-state index contributed by atoms with van der Waals surface area (Å²) in [6.45, 7) is 0.250. The summed E-state index contributed by atoms with van der Waals surface area (Å²) in [4.78, 5) is 10.8. The quantitative estimate of drug-likeness (QED) is 0.770. The molecule has 0 amide bonds. The minimum absolute atomic E-state index is 0.0947. The van der Waals surface area contributed by atoms with Gasteiger partial charge < -0.3 is 14.9 Å². The van der Waals surface area contributed by atoms with E-state index in [1.54, 1.807) is 0 Å². The van der Waals surface area contributed by atoms with Gasteiger partial charge in [0, 0.05) is 4.47 Å². The predicted octanol–water partition coefficient (Wildman–Crippen LogP) is 4.45. The van der Waals surface area contributed by atoms with Gasteiger partial charge in [-0.2, -0.15) is 0 Å². The Morgan fingerprint density at radius 1 is 1.23 bits per heavy atom. The number of halogens is 3. The summed E-state index contributed by atoms with van der Waals surface area (Å²) < 4.78 is 6.51. The predicted molar refractivity (Wildman–Crippen MR) is 87.5 cm³/mol. The third-order valence-corrected chi connectivity index (χ3v) is 3.90. The van der Waals surface area contributed by atoms with Crippen LogP contribution in [0.2, 0.25) is 10.0 Å². The Morgan fingerprint density at radius 3 is 2.41 bits per heavy atom. The molecular formula is C15H11BrCl2O4. The van der Waals surface area contributed by atoms with Crippen LogP contribution in [0.15, 0.2) is 40.9 Å². The van der Waals surface area contributed by atoms with Crippen LogP contribution in [0.25, 0.3) is 0 Å². The minimum Gasteiger partial charge on any atom is -0.486 e. The van der Waals surface area contributed by atoms with Crippen LogP contribution >= 0.6 is 39.1 Å². The highest BCUT2D eigenvalue weighted by Crippen LogP contribution is 2.36. The lowest BCUT2D eigenvalue weighted by molar-refractivity contribution is -0.146. The molecule has 0 fully saturated rings. The third kappa shape index (κ3) is 4.14. The summed E-state index contributed by atoms with van der Waals surface area (Å²) in [5, 5.41) is 18.6. The molecule has 1 atom stereocenters.